The van der Waals surface area contributed by atoms with E-state index in [1.165, 1.54) is 44.1 Å². The summed E-state index contributed by atoms with van der Waals surface area (Å²) in [5.74, 6) is -2.35. The molecule has 5 heteroatoms. The zero-order valence-electron chi connectivity index (χ0n) is 18.0. The van der Waals surface area contributed by atoms with Gasteiger partial charge in [0.15, 0.2) is 11.5 Å². The topological polar surface area (TPSA) is 35.5 Å². The fourth-order valence-electron chi connectivity index (χ4n) is 4.73. The van der Waals surface area contributed by atoms with Crippen molar-refractivity contribution < 1.29 is 23.0 Å². The summed E-state index contributed by atoms with van der Waals surface area (Å²) in [6.45, 7) is 3.92. The first kappa shape index (κ1) is 22.5. The van der Waals surface area contributed by atoms with Crippen LogP contribution in [0.3, 0.4) is 0 Å². The highest BCUT2D eigenvalue weighted by Crippen LogP contribution is 2.40. The molecule has 0 spiro atoms. The van der Waals surface area contributed by atoms with Gasteiger partial charge >= 0.3 is 5.97 Å². The Morgan fingerprint density at radius 2 is 1.77 bits per heavy atom. The molecule has 0 aromatic heterocycles. The van der Waals surface area contributed by atoms with Crippen molar-refractivity contribution in [1.29, 1.82) is 0 Å². The molecule has 2 aliphatic rings. The van der Waals surface area contributed by atoms with Gasteiger partial charge in [0.1, 0.15) is 0 Å². The Morgan fingerprint density at radius 1 is 1.07 bits per heavy atom. The van der Waals surface area contributed by atoms with Crippen molar-refractivity contribution in [2.45, 2.75) is 71.6 Å². The first-order valence-electron chi connectivity index (χ1n) is 11.2. The van der Waals surface area contributed by atoms with Crippen LogP contribution in [0.25, 0.3) is 0 Å². The van der Waals surface area contributed by atoms with Crippen LogP contribution in [0.5, 0.6) is 11.5 Å². The molecule has 164 valence electrons. The maximum absolute atomic E-state index is 14.2. The summed E-state index contributed by atoms with van der Waals surface area (Å²) in [6, 6.07) is 2.50. The molecule has 0 radical (unpaired) electrons. The zero-order valence-corrected chi connectivity index (χ0v) is 18.0. The molecule has 3 rings (SSSR count). The third-order valence-corrected chi connectivity index (χ3v) is 6.44. The maximum atomic E-state index is 14.2. The molecule has 0 aliphatic heterocycles. The number of esters is 1. The first-order chi connectivity index (χ1) is 14.5. The highest BCUT2D eigenvalue weighted by Gasteiger charge is 2.32. The Kier molecular flexibility index (Phi) is 8.06. The molecule has 2 aliphatic carbocycles. The SMILES string of the molecule is CC=COc1ccc(OC(=O)C2CCC(C3CC=C(CCC)CC3)CC2)c(F)c1F. The van der Waals surface area contributed by atoms with E-state index in [1.807, 2.05) is 0 Å². The van der Waals surface area contributed by atoms with Crippen LogP contribution in [0, 0.1) is 29.4 Å². The lowest BCUT2D eigenvalue weighted by atomic mass is 9.71. The van der Waals surface area contributed by atoms with Gasteiger partial charge in [0.25, 0.3) is 0 Å². The average Bonchev–Trinajstić information content (AvgIpc) is 2.77. The smallest absolute Gasteiger partial charge is 0.314 e. The number of allylic oxidation sites excluding steroid dienone is 3. The Balaban J connectivity index is 1.52. The lowest BCUT2D eigenvalue weighted by Crippen LogP contribution is -2.29. The number of hydrogen-bond acceptors (Lipinski definition) is 3. The van der Waals surface area contributed by atoms with Crippen molar-refractivity contribution in [3.63, 3.8) is 0 Å². The molecule has 1 unspecified atom stereocenters. The van der Waals surface area contributed by atoms with E-state index in [1.54, 1.807) is 18.6 Å². The van der Waals surface area contributed by atoms with Crippen LogP contribution >= 0.6 is 0 Å². The average molecular weight is 419 g/mol. The van der Waals surface area contributed by atoms with Gasteiger partial charge in [-0.1, -0.05) is 31.1 Å². The van der Waals surface area contributed by atoms with Gasteiger partial charge < -0.3 is 9.47 Å². The van der Waals surface area contributed by atoms with E-state index in [0.29, 0.717) is 11.8 Å². The predicted molar refractivity (Wildman–Crippen MR) is 113 cm³/mol. The second-order valence-corrected chi connectivity index (χ2v) is 8.46. The van der Waals surface area contributed by atoms with Crippen LogP contribution in [0.15, 0.2) is 36.1 Å². The minimum absolute atomic E-state index is 0.241. The van der Waals surface area contributed by atoms with Crippen LogP contribution in [0.1, 0.15) is 71.6 Å². The monoisotopic (exact) mass is 418 g/mol. The minimum Gasteiger partial charge on any atom is -0.462 e. The Morgan fingerprint density at radius 3 is 2.40 bits per heavy atom. The lowest BCUT2D eigenvalue weighted by molar-refractivity contribution is -0.140. The van der Waals surface area contributed by atoms with Crippen molar-refractivity contribution in [3.05, 3.63) is 47.8 Å². The highest BCUT2D eigenvalue weighted by atomic mass is 19.2. The molecule has 0 N–H and O–H groups in total. The van der Waals surface area contributed by atoms with Crippen molar-refractivity contribution in [2.75, 3.05) is 0 Å². The molecular weight excluding hydrogens is 386 g/mol. The van der Waals surface area contributed by atoms with E-state index < -0.39 is 17.6 Å². The number of carbonyl (C=O) groups is 1. The van der Waals surface area contributed by atoms with Crippen molar-refractivity contribution in [3.8, 4) is 11.5 Å². The number of benzene rings is 1. The van der Waals surface area contributed by atoms with E-state index in [9.17, 15) is 13.6 Å². The molecule has 0 bridgehead atoms. The normalized spacial score (nSPS) is 24.5. The number of rotatable bonds is 7. The Labute approximate surface area is 178 Å². The van der Waals surface area contributed by atoms with Gasteiger partial charge in [0.05, 0.1) is 12.2 Å². The van der Waals surface area contributed by atoms with Crippen LogP contribution in [0.2, 0.25) is 0 Å². The van der Waals surface area contributed by atoms with Crippen molar-refractivity contribution in [1.82, 2.24) is 0 Å². The summed E-state index contributed by atoms with van der Waals surface area (Å²) in [4.78, 5) is 12.5. The molecule has 3 nitrogen and oxygen atoms in total. The zero-order chi connectivity index (χ0) is 21.5. The second-order valence-electron chi connectivity index (χ2n) is 8.46. The third-order valence-electron chi connectivity index (χ3n) is 6.44. The predicted octanol–water partition coefficient (Wildman–Crippen LogP) is 7.12. The van der Waals surface area contributed by atoms with Crippen LogP contribution < -0.4 is 9.47 Å². The number of hydrogen-bond donors (Lipinski definition) is 0. The quantitative estimate of drug-likeness (QED) is 0.205. The van der Waals surface area contributed by atoms with E-state index in [2.05, 4.69) is 13.0 Å². The van der Waals surface area contributed by atoms with Crippen LogP contribution in [-0.2, 0) is 4.79 Å². The molecular formula is C25H32F2O3. The van der Waals surface area contributed by atoms with Crippen LogP contribution in [-0.4, -0.2) is 5.97 Å². The van der Waals surface area contributed by atoms with Crippen molar-refractivity contribution >= 4 is 5.97 Å². The van der Waals surface area contributed by atoms with Gasteiger partial charge in [0, 0.05) is 0 Å². The van der Waals surface area contributed by atoms with Gasteiger partial charge in [0.2, 0.25) is 11.6 Å². The van der Waals surface area contributed by atoms with Gasteiger partial charge in [-0.3, -0.25) is 4.79 Å². The summed E-state index contributed by atoms with van der Waals surface area (Å²) in [5.41, 5.74) is 1.60. The number of carbonyl (C=O) groups excluding carboxylic acids is 1. The molecule has 1 fully saturated rings. The first-order valence-corrected chi connectivity index (χ1v) is 11.2. The molecule has 1 aromatic carbocycles. The molecule has 0 saturated heterocycles. The van der Waals surface area contributed by atoms with Crippen molar-refractivity contribution in [2.24, 2.45) is 17.8 Å². The largest absolute Gasteiger partial charge is 0.462 e. The van der Waals surface area contributed by atoms with Gasteiger partial charge in [-0.25, -0.2) is 0 Å². The minimum atomic E-state index is -1.20. The van der Waals surface area contributed by atoms with E-state index in [4.69, 9.17) is 9.47 Å². The number of ether oxygens (including phenoxy) is 2. The van der Waals surface area contributed by atoms with Gasteiger partial charge in [-0.2, -0.15) is 8.78 Å². The Bertz CT molecular complexity index is 792. The van der Waals surface area contributed by atoms with Crippen LogP contribution in [0.4, 0.5) is 8.78 Å². The summed E-state index contributed by atoms with van der Waals surface area (Å²) >= 11 is 0. The Hall–Kier alpha value is -2.17. The molecule has 0 amide bonds. The number of halogens is 2. The molecule has 1 saturated carbocycles. The van der Waals surface area contributed by atoms with Gasteiger partial charge in [-0.05, 0) is 82.3 Å². The lowest BCUT2D eigenvalue weighted by Gasteiger charge is -2.34. The standard InChI is InChI=1S/C25H32F2O3/c1-3-5-17-6-8-18(9-7-17)19-10-12-20(13-11-19)25(28)30-22-15-14-21(29-16-4-2)23(26)24(22)27/h4,6,14-16,18-20H,3,5,7-13H2,1-2H3. The fourth-order valence-corrected chi connectivity index (χ4v) is 4.73. The third kappa shape index (κ3) is 5.50. The van der Waals surface area contributed by atoms with Gasteiger partial charge in [-0.15, -0.1) is 0 Å². The second kappa shape index (κ2) is 10.7. The van der Waals surface area contributed by atoms with E-state index >= 15 is 0 Å². The fraction of sp³-hybridized carbons (Fsp3) is 0.560. The van der Waals surface area contributed by atoms with E-state index in [-0.39, 0.29) is 17.4 Å². The summed E-state index contributed by atoms with van der Waals surface area (Å²) < 4.78 is 38.5. The summed E-state index contributed by atoms with van der Waals surface area (Å²) in [7, 11) is 0. The molecule has 1 aromatic rings. The molecule has 0 heterocycles. The molecule has 1 atom stereocenters. The molecule has 30 heavy (non-hydrogen) atoms. The highest BCUT2D eigenvalue weighted by molar-refractivity contribution is 5.75. The van der Waals surface area contributed by atoms with E-state index in [0.717, 1.165) is 32.1 Å². The maximum Gasteiger partial charge on any atom is 0.314 e. The summed E-state index contributed by atoms with van der Waals surface area (Å²) in [5, 5.41) is 0. The summed E-state index contributed by atoms with van der Waals surface area (Å²) in [6.07, 6.45) is 14.8.